The highest BCUT2D eigenvalue weighted by Gasteiger charge is 2.20. The van der Waals surface area contributed by atoms with Crippen LogP contribution >= 0.6 is 0 Å². The van der Waals surface area contributed by atoms with Gasteiger partial charge in [-0.15, -0.1) is 0 Å². The number of halogens is 1. The van der Waals surface area contributed by atoms with E-state index >= 15 is 0 Å². The van der Waals surface area contributed by atoms with Crippen LogP contribution in [0.25, 0.3) is 0 Å². The van der Waals surface area contributed by atoms with Gasteiger partial charge >= 0.3 is 0 Å². The summed E-state index contributed by atoms with van der Waals surface area (Å²) in [5, 5.41) is 3.07. The first-order valence-corrected chi connectivity index (χ1v) is 5.96. The number of nitrogens with one attached hydrogen (secondary N) is 1. The Morgan fingerprint density at radius 2 is 2.11 bits per heavy atom. The number of aromatic nitrogens is 2. The molecule has 1 atom stereocenters. The lowest BCUT2D eigenvalue weighted by atomic mass is 10.0. The minimum absolute atomic E-state index is 0.225. The van der Waals surface area contributed by atoms with E-state index in [1.165, 1.54) is 7.11 Å². The minimum Gasteiger partial charge on any atom is -0.494 e. The lowest BCUT2D eigenvalue weighted by Crippen LogP contribution is -2.20. The molecule has 0 saturated heterocycles. The van der Waals surface area contributed by atoms with Crippen molar-refractivity contribution in [3.63, 3.8) is 0 Å². The molecule has 1 heterocycles. The highest BCUT2D eigenvalue weighted by atomic mass is 19.1. The molecule has 2 aromatic rings. The smallest absolute Gasteiger partial charge is 0.170 e. The molecule has 1 aromatic carbocycles. The maximum absolute atomic E-state index is 14.3. The van der Waals surface area contributed by atoms with Crippen LogP contribution in [0.5, 0.6) is 5.75 Å². The Balaban J connectivity index is 2.48. The van der Waals surface area contributed by atoms with Gasteiger partial charge in [-0.25, -0.2) is 14.4 Å². The molecule has 2 rings (SSSR count). The zero-order chi connectivity index (χ0) is 13.8. The normalized spacial score (nSPS) is 12.2. The van der Waals surface area contributed by atoms with Gasteiger partial charge < -0.3 is 10.1 Å². The van der Waals surface area contributed by atoms with E-state index in [1.807, 2.05) is 0 Å². The Morgan fingerprint density at radius 3 is 2.74 bits per heavy atom. The van der Waals surface area contributed by atoms with E-state index in [2.05, 4.69) is 15.3 Å². The Labute approximate surface area is 111 Å². The molecule has 0 fully saturated rings. The SMILES string of the molecule is CNC(c1ccnc(C)n1)c1cccc(OC)c1F. The summed E-state index contributed by atoms with van der Waals surface area (Å²) in [6, 6.07) is 6.51. The Bertz CT molecular complexity index is 574. The highest BCUT2D eigenvalue weighted by molar-refractivity contribution is 5.36. The summed E-state index contributed by atoms with van der Waals surface area (Å²) in [5.41, 5.74) is 1.22. The van der Waals surface area contributed by atoms with E-state index in [0.29, 0.717) is 11.4 Å². The summed E-state index contributed by atoms with van der Waals surface area (Å²) in [7, 11) is 3.21. The zero-order valence-electron chi connectivity index (χ0n) is 11.1. The van der Waals surface area contributed by atoms with Gasteiger partial charge in [0.25, 0.3) is 0 Å². The molecule has 1 N–H and O–H groups in total. The van der Waals surface area contributed by atoms with Crippen molar-refractivity contribution in [2.24, 2.45) is 0 Å². The molecule has 0 saturated carbocycles. The topological polar surface area (TPSA) is 47.0 Å². The monoisotopic (exact) mass is 261 g/mol. The van der Waals surface area contributed by atoms with E-state index < -0.39 is 0 Å². The summed E-state index contributed by atoms with van der Waals surface area (Å²) in [6.45, 7) is 1.80. The van der Waals surface area contributed by atoms with Crippen LogP contribution in [0.2, 0.25) is 0 Å². The number of benzene rings is 1. The van der Waals surface area contributed by atoms with E-state index in [1.54, 1.807) is 44.4 Å². The van der Waals surface area contributed by atoms with Gasteiger partial charge in [0.15, 0.2) is 11.6 Å². The summed E-state index contributed by atoms with van der Waals surface area (Å²) >= 11 is 0. The Hall–Kier alpha value is -2.01. The summed E-state index contributed by atoms with van der Waals surface area (Å²) in [6.07, 6.45) is 1.67. The van der Waals surface area contributed by atoms with Gasteiger partial charge in [-0.1, -0.05) is 12.1 Å². The van der Waals surface area contributed by atoms with E-state index in [-0.39, 0.29) is 17.6 Å². The zero-order valence-corrected chi connectivity index (χ0v) is 11.1. The number of hydrogen-bond donors (Lipinski definition) is 1. The quantitative estimate of drug-likeness (QED) is 0.917. The molecule has 100 valence electrons. The number of rotatable bonds is 4. The third kappa shape index (κ3) is 2.71. The number of ether oxygens (including phenoxy) is 1. The highest BCUT2D eigenvalue weighted by Crippen LogP contribution is 2.28. The predicted octanol–water partition coefficient (Wildman–Crippen LogP) is 2.24. The number of nitrogens with zero attached hydrogens (tertiary/aromatic N) is 2. The largest absolute Gasteiger partial charge is 0.494 e. The molecule has 0 spiro atoms. The molecule has 5 heteroatoms. The van der Waals surface area contributed by atoms with Crippen LogP contribution in [0.15, 0.2) is 30.5 Å². The van der Waals surface area contributed by atoms with Crippen LogP contribution in [0.3, 0.4) is 0 Å². The van der Waals surface area contributed by atoms with E-state index in [0.717, 1.165) is 5.69 Å². The average molecular weight is 261 g/mol. The number of aryl methyl sites for hydroxylation is 1. The first kappa shape index (κ1) is 13.4. The molecular weight excluding hydrogens is 245 g/mol. The van der Waals surface area contributed by atoms with E-state index in [9.17, 15) is 4.39 Å². The maximum atomic E-state index is 14.3. The molecule has 0 radical (unpaired) electrons. The van der Waals surface area contributed by atoms with Crippen molar-refractivity contribution >= 4 is 0 Å². The first-order valence-electron chi connectivity index (χ1n) is 5.96. The molecule has 19 heavy (non-hydrogen) atoms. The van der Waals surface area contributed by atoms with Crippen LogP contribution in [-0.2, 0) is 0 Å². The number of hydrogen-bond acceptors (Lipinski definition) is 4. The van der Waals surface area contributed by atoms with Crippen molar-refractivity contribution in [3.8, 4) is 5.75 Å². The third-order valence-corrected chi connectivity index (χ3v) is 2.91. The predicted molar refractivity (Wildman–Crippen MR) is 70.6 cm³/mol. The summed E-state index contributed by atoms with van der Waals surface area (Å²) in [5.74, 6) is 0.505. The maximum Gasteiger partial charge on any atom is 0.170 e. The number of methoxy groups -OCH3 is 1. The molecule has 1 aromatic heterocycles. The van der Waals surface area contributed by atoms with Gasteiger partial charge in [-0.2, -0.15) is 0 Å². The van der Waals surface area contributed by atoms with Crippen molar-refractivity contribution in [1.29, 1.82) is 0 Å². The van der Waals surface area contributed by atoms with Gasteiger partial charge in [0.05, 0.1) is 18.8 Å². The lowest BCUT2D eigenvalue weighted by Gasteiger charge is -2.18. The van der Waals surface area contributed by atoms with Crippen molar-refractivity contribution in [3.05, 3.63) is 53.4 Å². The molecular formula is C14H16FN3O. The summed E-state index contributed by atoms with van der Waals surface area (Å²) < 4.78 is 19.3. The minimum atomic E-state index is -0.374. The molecule has 4 nitrogen and oxygen atoms in total. The Kier molecular flexibility index (Phi) is 4.06. The van der Waals surface area contributed by atoms with E-state index in [4.69, 9.17) is 4.74 Å². The first-order chi connectivity index (χ1) is 9.17. The second-order valence-electron chi connectivity index (χ2n) is 4.11. The van der Waals surface area contributed by atoms with Crippen LogP contribution in [0.4, 0.5) is 4.39 Å². The molecule has 0 aliphatic rings. The molecule has 0 amide bonds. The lowest BCUT2D eigenvalue weighted by molar-refractivity contribution is 0.382. The molecule has 0 bridgehead atoms. The van der Waals surface area contributed by atoms with Crippen LogP contribution in [0, 0.1) is 12.7 Å². The second-order valence-corrected chi connectivity index (χ2v) is 4.11. The van der Waals surface area contributed by atoms with Crippen molar-refractivity contribution < 1.29 is 9.13 Å². The molecule has 0 aliphatic heterocycles. The third-order valence-electron chi connectivity index (χ3n) is 2.91. The summed E-state index contributed by atoms with van der Waals surface area (Å²) in [4.78, 5) is 8.39. The van der Waals surface area contributed by atoms with Gasteiger partial charge in [0, 0.05) is 11.8 Å². The van der Waals surface area contributed by atoms with Gasteiger partial charge in [0.2, 0.25) is 0 Å². The fourth-order valence-corrected chi connectivity index (χ4v) is 2.01. The fraction of sp³-hybridized carbons (Fsp3) is 0.286. The standard InChI is InChI=1S/C14H16FN3O/c1-9-17-8-7-11(18-9)14(16-2)10-5-4-6-12(19-3)13(10)15/h4-8,14,16H,1-3H3. The van der Waals surface area contributed by atoms with Crippen molar-refractivity contribution in [1.82, 2.24) is 15.3 Å². The Morgan fingerprint density at radius 1 is 1.32 bits per heavy atom. The fourth-order valence-electron chi connectivity index (χ4n) is 2.01. The molecule has 0 aliphatic carbocycles. The second kappa shape index (κ2) is 5.75. The van der Waals surface area contributed by atoms with Crippen molar-refractivity contribution in [2.75, 3.05) is 14.2 Å². The van der Waals surface area contributed by atoms with Gasteiger partial charge in [-0.05, 0) is 26.1 Å². The van der Waals surface area contributed by atoms with Gasteiger partial charge in [-0.3, -0.25) is 0 Å². The van der Waals surface area contributed by atoms with Crippen LogP contribution in [0.1, 0.15) is 23.1 Å². The van der Waals surface area contributed by atoms with Gasteiger partial charge in [0.1, 0.15) is 5.82 Å². The van der Waals surface area contributed by atoms with Crippen LogP contribution in [-0.4, -0.2) is 24.1 Å². The average Bonchev–Trinajstić information content (AvgIpc) is 2.41. The molecule has 1 unspecified atom stereocenters. The van der Waals surface area contributed by atoms with Crippen LogP contribution < -0.4 is 10.1 Å². The van der Waals surface area contributed by atoms with Crippen molar-refractivity contribution in [2.45, 2.75) is 13.0 Å².